The molecule has 0 unspecified atom stereocenters. The van der Waals surface area contributed by atoms with Gasteiger partial charge in [0.05, 0.1) is 9.90 Å². The van der Waals surface area contributed by atoms with Crippen LogP contribution in [-0.4, -0.2) is 21.7 Å². The summed E-state index contributed by atoms with van der Waals surface area (Å²) in [6, 6.07) is 12.9. The van der Waals surface area contributed by atoms with Crippen molar-refractivity contribution in [1.29, 1.82) is 0 Å². The Labute approximate surface area is 159 Å². The molecule has 0 spiro atoms. The number of nitrogens with zero attached hydrogens (tertiary/aromatic N) is 4. The quantitative estimate of drug-likeness (QED) is 0.392. The summed E-state index contributed by atoms with van der Waals surface area (Å²) >= 11 is 11.9. The minimum Gasteiger partial charge on any atom is -0.856 e. The molecule has 0 amide bonds. The number of rotatable bonds is 3. The van der Waals surface area contributed by atoms with Gasteiger partial charge in [0.25, 0.3) is 0 Å². The molecule has 0 aliphatic heterocycles. The van der Waals surface area contributed by atoms with Crippen molar-refractivity contribution in [3.63, 3.8) is 0 Å². The molecule has 0 fully saturated rings. The highest BCUT2D eigenvalue weighted by atomic mass is 35.5. The smallest absolute Gasteiger partial charge is 0.339 e. The zero-order chi connectivity index (χ0) is 18.8. The standard InChI is InChI=1S/C18H14Cl2N4O2/c1-11-12(2)23(22-17(25)13-5-3-7-15(19)9-13)24(21-11)18(26)14-6-4-8-16(20)10-14/h3-10H,1-2H3. The van der Waals surface area contributed by atoms with Crippen molar-refractivity contribution in [1.82, 2.24) is 9.90 Å². The largest absolute Gasteiger partial charge is 0.856 e. The molecular formula is C18H14Cl2N4O2. The summed E-state index contributed by atoms with van der Waals surface area (Å²) in [7, 11) is 0. The number of aryl methyl sites for hydroxylation is 1. The molecule has 0 aliphatic carbocycles. The minimum atomic E-state index is -0.541. The van der Waals surface area contributed by atoms with Crippen molar-refractivity contribution in [2.75, 3.05) is 0 Å². The van der Waals surface area contributed by atoms with Crippen LogP contribution in [0.5, 0.6) is 0 Å². The summed E-state index contributed by atoms with van der Waals surface area (Å²) in [5.41, 5.74) is 1.78. The van der Waals surface area contributed by atoms with Gasteiger partial charge >= 0.3 is 5.91 Å². The van der Waals surface area contributed by atoms with Gasteiger partial charge in [-0.2, -0.15) is 0 Å². The highest BCUT2D eigenvalue weighted by Gasteiger charge is 2.26. The minimum absolute atomic E-state index is 0.310. The Hall–Kier alpha value is -2.70. The van der Waals surface area contributed by atoms with Gasteiger partial charge in [-0.1, -0.05) is 46.5 Å². The van der Waals surface area contributed by atoms with E-state index in [1.54, 1.807) is 50.2 Å². The highest BCUT2D eigenvalue weighted by Crippen LogP contribution is 2.12. The van der Waals surface area contributed by atoms with Gasteiger partial charge in [0.15, 0.2) is 0 Å². The molecule has 1 aromatic heterocycles. The summed E-state index contributed by atoms with van der Waals surface area (Å²) in [5, 5.41) is 21.5. The molecule has 0 aliphatic rings. The van der Waals surface area contributed by atoms with Crippen LogP contribution >= 0.6 is 23.2 Å². The van der Waals surface area contributed by atoms with Crippen LogP contribution < -0.4 is 9.90 Å². The number of carbonyl (C=O) groups is 1. The van der Waals surface area contributed by atoms with Crippen LogP contribution in [0.2, 0.25) is 10.0 Å². The predicted molar refractivity (Wildman–Crippen MR) is 96.5 cm³/mol. The molecule has 0 saturated carbocycles. The molecule has 2 aromatic carbocycles. The summed E-state index contributed by atoms with van der Waals surface area (Å²) < 4.78 is 0. The monoisotopic (exact) mass is 388 g/mol. The lowest BCUT2D eigenvalue weighted by atomic mass is 10.2. The van der Waals surface area contributed by atoms with E-state index in [0.717, 1.165) is 4.80 Å². The van der Waals surface area contributed by atoms with E-state index >= 15 is 0 Å². The van der Waals surface area contributed by atoms with Crippen LogP contribution in [0, 0.1) is 13.8 Å². The van der Waals surface area contributed by atoms with E-state index in [-0.39, 0.29) is 0 Å². The zero-order valence-corrected chi connectivity index (χ0v) is 15.5. The fourth-order valence-electron chi connectivity index (χ4n) is 2.29. The summed E-state index contributed by atoms with van der Waals surface area (Å²) in [5.74, 6) is -0.994. The van der Waals surface area contributed by atoms with Gasteiger partial charge in [0.1, 0.15) is 0 Å². The van der Waals surface area contributed by atoms with Crippen LogP contribution in [0.4, 0.5) is 0 Å². The number of halogens is 2. The fraction of sp³-hybridized carbons (Fsp3) is 0.111. The summed E-state index contributed by atoms with van der Waals surface area (Å²) in [4.78, 5) is 15.0. The van der Waals surface area contributed by atoms with Gasteiger partial charge in [0, 0.05) is 35.4 Å². The fourth-order valence-corrected chi connectivity index (χ4v) is 2.68. The molecule has 0 radical (unpaired) electrons. The van der Waals surface area contributed by atoms with Gasteiger partial charge < -0.3 is 5.11 Å². The molecule has 1 heterocycles. The average molecular weight is 389 g/mol. The Bertz CT molecular complexity index is 1030. The first-order valence-corrected chi connectivity index (χ1v) is 8.43. The van der Waals surface area contributed by atoms with Crippen LogP contribution in [0.25, 0.3) is 0 Å². The van der Waals surface area contributed by atoms with E-state index in [9.17, 15) is 9.90 Å². The van der Waals surface area contributed by atoms with Gasteiger partial charge in [0.2, 0.25) is 11.4 Å². The topological polar surface area (TPSA) is 74.2 Å². The average Bonchev–Trinajstić information content (AvgIpc) is 2.89. The van der Waals surface area contributed by atoms with Crippen molar-refractivity contribution in [2.24, 2.45) is 5.10 Å². The molecule has 3 aromatic rings. The first-order valence-electron chi connectivity index (χ1n) is 7.67. The number of hydrogen-bond acceptors (Lipinski definition) is 4. The molecule has 0 atom stereocenters. The molecule has 6 nitrogen and oxygen atoms in total. The molecule has 132 valence electrons. The Kier molecular flexibility index (Phi) is 5.06. The Morgan fingerprint density at radius 1 is 1.08 bits per heavy atom. The van der Waals surface area contributed by atoms with E-state index in [1.165, 1.54) is 16.9 Å². The highest BCUT2D eigenvalue weighted by molar-refractivity contribution is 6.31. The van der Waals surface area contributed by atoms with Crippen molar-refractivity contribution >= 4 is 35.0 Å². The second-order valence-corrected chi connectivity index (χ2v) is 6.45. The zero-order valence-electron chi connectivity index (χ0n) is 14.0. The molecule has 0 N–H and O–H groups in total. The number of benzene rings is 2. The number of aromatic nitrogens is 3. The second kappa shape index (κ2) is 7.27. The third-order valence-corrected chi connectivity index (χ3v) is 4.23. The molecule has 3 rings (SSSR count). The first kappa shape index (κ1) is 18.1. The Balaban J connectivity index is 2.08. The maximum atomic E-state index is 12.8. The molecular weight excluding hydrogens is 375 g/mol. The normalized spacial score (nSPS) is 11.6. The van der Waals surface area contributed by atoms with E-state index < -0.39 is 11.8 Å². The predicted octanol–water partition coefficient (Wildman–Crippen LogP) is 2.35. The van der Waals surface area contributed by atoms with Crippen molar-refractivity contribution < 1.29 is 14.7 Å². The van der Waals surface area contributed by atoms with E-state index in [4.69, 9.17) is 23.2 Å². The molecule has 0 saturated heterocycles. The lowest BCUT2D eigenvalue weighted by molar-refractivity contribution is -0.759. The van der Waals surface area contributed by atoms with Gasteiger partial charge in [-0.25, -0.2) is 0 Å². The van der Waals surface area contributed by atoms with Crippen molar-refractivity contribution in [3.05, 3.63) is 81.1 Å². The van der Waals surface area contributed by atoms with Gasteiger partial charge in [-0.3, -0.25) is 4.79 Å². The lowest BCUT2D eigenvalue weighted by Crippen LogP contribution is -2.47. The Morgan fingerprint density at radius 2 is 1.65 bits per heavy atom. The van der Waals surface area contributed by atoms with E-state index in [0.29, 0.717) is 32.6 Å². The van der Waals surface area contributed by atoms with Crippen LogP contribution in [0.1, 0.15) is 27.3 Å². The van der Waals surface area contributed by atoms with Crippen molar-refractivity contribution in [3.8, 4) is 0 Å². The third-order valence-electron chi connectivity index (χ3n) is 3.76. The SMILES string of the molecule is Cc1nn(C(=O)c2cccc(Cl)c2)[n+](/N=C(/[O-])c2cccc(Cl)c2)c1C. The third kappa shape index (κ3) is 3.61. The van der Waals surface area contributed by atoms with Crippen LogP contribution in [0.15, 0.2) is 53.6 Å². The van der Waals surface area contributed by atoms with Crippen LogP contribution in [0.3, 0.4) is 0 Å². The van der Waals surface area contributed by atoms with E-state index in [2.05, 4.69) is 10.2 Å². The first-order chi connectivity index (χ1) is 12.4. The molecule has 0 bridgehead atoms. The van der Waals surface area contributed by atoms with Crippen LogP contribution in [-0.2, 0) is 0 Å². The molecule has 26 heavy (non-hydrogen) atoms. The lowest BCUT2D eigenvalue weighted by Gasteiger charge is -2.09. The second-order valence-electron chi connectivity index (χ2n) is 5.58. The van der Waals surface area contributed by atoms with Gasteiger partial charge in [-0.15, -0.1) is 0 Å². The number of carbonyl (C=O) groups excluding carboxylic acids is 1. The maximum Gasteiger partial charge on any atom is 0.339 e. The maximum absolute atomic E-state index is 12.8. The summed E-state index contributed by atoms with van der Waals surface area (Å²) in [6.07, 6.45) is 0. The molecule has 8 heteroatoms. The Morgan fingerprint density at radius 3 is 2.27 bits per heavy atom. The van der Waals surface area contributed by atoms with Gasteiger partial charge in [-0.05, 0) is 40.7 Å². The van der Waals surface area contributed by atoms with Crippen molar-refractivity contribution in [2.45, 2.75) is 13.8 Å². The number of hydrogen-bond donors (Lipinski definition) is 0. The van der Waals surface area contributed by atoms with E-state index in [1.807, 2.05) is 0 Å². The summed E-state index contributed by atoms with van der Waals surface area (Å²) in [6.45, 7) is 3.45.